The van der Waals surface area contributed by atoms with Gasteiger partial charge in [0, 0.05) is 63.2 Å². The number of benzene rings is 1. The van der Waals surface area contributed by atoms with Crippen LogP contribution in [0.5, 0.6) is 11.5 Å². The molecule has 10 nitrogen and oxygen atoms in total. The molecular weight excluding hydrogens is 474 g/mol. The van der Waals surface area contributed by atoms with E-state index >= 15 is 0 Å². The minimum absolute atomic E-state index is 0.0782. The number of fused-ring (bicyclic) bond motifs is 1. The van der Waals surface area contributed by atoms with Crippen LogP contribution in [0, 0.1) is 5.92 Å². The molecule has 3 N–H and O–H groups in total. The van der Waals surface area contributed by atoms with E-state index in [0.29, 0.717) is 24.0 Å². The number of ether oxygens (including phenoxy) is 1. The van der Waals surface area contributed by atoms with Gasteiger partial charge in [-0.15, -0.1) is 0 Å². The Morgan fingerprint density at radius 2 is 1.89 bits per heavy atom. The summed E-state index contributed by atoms with van der Waals surface area (Å²) in [7, 11) is 1.96. The third kappa shape index (κ3) is 5.97. The third-order valence-electron chi connectivity index (χ3n) is 7.45. The number of hydrogen-bond donors (Lipinski definition) is 3. The van der Waals surface area contributed by atoms with Gasteiger partial charge < -0.3 is 24.4 Å². The normalized spacial score (nSPS) is 18.8. The lowest BCUT2D eigenvalue weighted by atomic mass is 9.91. The van der Waals surface area contributed by atoms with E-state index in [1.54, 1.807) is 12.1 Å². The first-order valence-electron chi connectivity index (χ1n) is 13.1. The fourth-order valence-corrected chi connectivity index (χ4v) is 5.27. The standard InChI is InChI=1S/C27H35N5O5/c1-31-17-19(21-13-23(33)24(34)14-22(21)31)6-4-5-18-8-10-32(11-9-18)27-28-15-20(16-29-27)26(35)30-37-25-7-2-3-12-36-25/h13-18,25,33-34H,2-12H2,1H3,(H,30,35). The number of carbonyl (C=O) groups excluding carboxylic acids is 1. The Balaban J connectivity index is 1.06. The zero-order chi connectivity index (χ0) is 25.8. The highest BCUT2D eigenvalue weighted by Gasteiger charge is 2.22. The first-order valence-corrected chi connectivity index (χ1v) is 13.1. The molecule has 2 aliphatic heterocycles. The lowest BCUT2D eigenvalue weighted by molar-refractivity contribution is -0.186. The number of phenolic OH excluding ortho intramolecular Hbond substituents is 2. The van der Waals surface area contributed by atoms with Crippen molar-refractivity contribution >= 4 is 22.8 Å². The monoisotopic (exact) mass is 509 g/mol. The smallest absolute Gasteiger partial charge is 0.278 e. The number of piperidine rings is 1. The number of nitrogens with one attached hydrogen (secondary N) is 1. The number of aromatic hydroxyl groups is 2. The highest BCUT2D eigenvalue weighted by Crippen LogP contribution is 2.34. The molecule has 198 valence electrons. The van der Waals surface area contributed by atoms with Crippen LogP contribution in [0.3, 0.4) is 0 Å². The Bertz CT molecular complexity index is 1210. The molecule has 2 saturated heterocycles. The fourth-order valence-electron chi connectivity index (χ4n) is 5.27. The minimum atomic E-state index is -0.394. The molecule has 1 atom stereocenters. The number of aryl methyl sites for hydroxylation is 2. The van der Waals surface area contributed by atoms with Crippen LogP contribution in [-0.4, -0.2) is 56.6 Å². The molecule has 1 unspecified atom stereocenters. The highest BCUT2D eigenvalue weighted by molar-refractivity contribution is 5.92. The Labute approximate surface area is 216 Å². The van der Waals surface area contributed by atoms with Crippen LogP contribution in [-0.2, 0) is 23.0 Å². The van der Waals surface area contributed by atoms with E-state index in [-0.39, 0.29) is 17.4 Å². The van der Waals surface area contributed by atoms with Gasteiger partial charge in [0.05, 0.1) is 11.1 Å². The summed E-state index contributed by atoms with van der Waals surface area (Å²) in [6.07, 6.45) is 12.9. The molecule has 2 aliphatic rings. The molecule has 37 heavy (non-hydrogen) atoms. The summed E-state index contributed by atoms with van der Waals surface area (Å²) in [6.45, 7) is 2.43. The summed E-state index contributed by atoms with van der Waals surface area (Å²) in [6, 6.07) is 3.27. The zero-order valence-corrected chi connectivity index (χ0v) is 21.2. The number of amides is 1. The summed E-state index contributed by atoms with van der Waals surface area (Å²) in [5, 5.41) is 20.7. The predicted molar refractivity (Wildman–Crippen MR) is 138 cm³/mol. The van der Waals surface area contributed by atoms with Crippen molar-refractivity contribution in [2.75, 3.05) is 24.6 Å². The summed E-state index contributed by atoms with van der Waals surface area (Å²) >= 11 is 0. The van der Waals surface area contributed by atoms with Gasteiger partial charge in [-0.25, -0.2) is 20.3 Å². The van der Waals surface area contributed by atoms with Crippen LogP contribution in [0.25, 0.3) is 10.9 Å². The molecule has 3 aromatic rings. The van der Waals surface area contributed by atoms with E-state index < -0.39 is 6.29 Å². The Hall–Kier alpha value is -3.37. The second kappa shape index (κ2) is 11.4. The number of anilines is 1. The van der Waals surface area contributed by atoms with Gasteiger partial charge in [-0.1, -0.05) is 0 Å². The van der Waals surface area contributed by atoms with Crippen LogP contribution in [0.15, 0.2) is 30.7 Å². The van der Waals surface area contributed by atoms with E-state index in [0.717, 1.165) is 75.4 Å². The summed E-state index contributed by atoms with van der Waals surface area (Å²) < 4.78 is 7.45. The topological polar surface area (TPSA) is 122 Å². The molecule has 0 saturated carbocycles. The van der Waals surface area contributed by atoms with Gasteiger partial charge >= 0.3 is 0 Å². The second-order valence-corrected chi connectivity index (χ2v) is 10.1. The average molecular weight is 510 g/mol. The van der Waals surface area contributed by atoms with Crippen molar-refractivity contribution in [2.45, 2.75) is 57.7 Å². The van der Waals surface area contributed by atoms with Gasteiger partial charge in [0.15, 0.2) is 17.8 Å². The van der Waals surface area contributed by atoms with Crippen molar-refractivity contribution in [3.8, 4) is 11.5 Å². The lowest BCUT2D eigenvalue weighted by Gasteiger charge is -2.32. The molecule has 0 radical (unpaired) electrons. The molecule has 0 aliphatic carbocycles. The molecule has 0 spiro atoms. The number of nitrogens with zero attached hydrogens (tertiary/aromatic N) is 4. The number of hydrogen-bond acceptors (Lipinski definition) is 8. The third-order valence-corrected chi connectivity index (χ3v) is 7.45. The molecular formula is C27H35N5O5. The average Bonchev–Trinajstić information content (AvgIpc) is 3.22. The van der Waals surface area contributed by atoms with E-state index in [1.165, 1.54) is 18.0 Å². The van der Waals surface area contributed by atoms with Gasteiger partial charge in [0.2, 0.25) is 5.95 Å². The highest BCUT2D eigenvalue weighted by atomic mass is 16.8. The van der Waals surface area contributed by atoms with E-state index in [4.69, 9.17) is 9.57 Å². The maximum Gasteiger partial charge on any atom is 0.278 e. The molecule has 0 bridgehead atoms. The van der Waals surface area contributed by atoms with Crippen molar-refractivity contribution in [1.29, 1.82) is 0 Å². The number of carbonyl (C=O) groups is 1. The zero-order valence-electron chi connectivity index (χ0n) is 21.2. The molecule has 2 aromatic heterocycles. The van der Waals surface area contributed by atoms with E-state index in [2.05, 4.69) is 26.5 Å². The van der Waals surface area contributed by atoms with Crippen LogP contribution in [0.2, 0.25) is 0 Å². The Morgan fingerprint density at radius 3 is 2.62 bits per heavy atom. The minimum Gasteiger partial charge on any atom is -0.504 e. The number of rotatable bonds is 8. The Kier molecular flexibility index (Phi) is 7.76. The van der Waals surface area contributed by atoms with Crippen molar-refractivity contribution in [3.05, 3.63) is 41.9 Å². The largest absolute Gasteiger partial charge is 0.504 e. The van der Waals surface area contributed by atoms with Gasteiger partial charge in [-0.05, 0) is 62.5 Å². The fraction of sp³-hybridized carbons (Fsp3) is 0.519. The SMILES string of the molecule is Cn1cc(CCCC2CCN(c3ncc(C(=O)NOC4CCCCO4)cn3)CC2)c2cc(O)c(O)cc21. The predicted octanol–water partition coefficient (Wildman–Crippen LogP) is 3.81. The summed E-state index contributed by atoms with van der Waals surface area (Å²) in [4.78, 5) is 28.7. The van der Waals surface area contributed by atoms with Crippen LogP contribution < -0.4 is 10.4 Å². The van der Waals surface area contributed by atoms with E-state index in [9.17, 15) is 15.0 Å². The molecule has 1 amide bonds. The first-order chi connectivity index (χ1) is 18.0. The maximum absolute atomic E-state index is 12.3. The van der Waals surface area contributed by atoms with Crippen LogP contribution in [0.1, 0.15) is 60.9 Å². The molecule has 10 heteroatoms. The van der Waals surface area contributed by atoms with Gasteiger partial charge in [0.1, 0.15) is 0 Å². The second-order valence-electron chi connectivity index (χ2n) is 10.1. The van der Waals surface area contributed by atoms with Gasteiger partial charge in [-0.3, -0.25) is 4.79 Å². The number of hydroxylamine groups is 1. The lowest BCUT2D eigenvalue weighted by Crippen LogP contribution is -2.35. The molecule has 5 rings (SSSR count). The van der Waals surface area contributed by atoms with Gasteiger partial charge in [-0.2, -0.15) is 0 Å². The van der Waals surface area contributed by atoms with Crippen molar-refractivity contribution in [1.82, 2.24) is 20.0 Å². The summed E-state index contributed by atoms with van der Waals surface area (Å²) in [5.41, 5.74) is 4.91. The van der Waals surface area contributed by atoms with Crippen molar-refractivity contribution in [2.24, 2.45) is 13.0 Å². The quantitative estimate of drug-likeness (QED) is 0.310. The first kappa shape index (κ1) is 25.3. The van der Waals surface area contributed by atoms with Crippen molar-refractivity contribution < 1.29 is 24.6 Å². The Morgan fingerprint density at radius 1 is 1.14 bits per heavy atom. The molecule has 4 heterocycles. The van der Waals surface area contributed by atoms with Crippen LogP contribution in [0.4, 0.5) is 5.95 Å². The van der Waals surface area contributed by atoms with E-state index in [1.807, 2.05) is 11.6 Å². The molecule has 1 aromatic carbocycles. The summed E-state index contributed by atoms with van der Waals surface area (Å²) in [5.74, 6) is 0.745. The number of phenols is 2. The van der Waals surface area contributed by atoms with Gasteiger partial charge in [0.25, 0.3) is 5.91 Å². The van der Waals surface area contributed by atoms with Crippen LogP contribution >= 0.6 is 0 Å². The van der Waals surface area contributed by atoms with Crippen molar-refractivity contribution in [3.63, 3.8) is 0 Å². The number of aromatic nitrogens is 3. The molecule has 2 fully saturated rings. The maximum atomic E-state index is 12.3.